The van der Waals surface area contributed by atoms with E-state index in [9.17, 15) is 9.59 Å². The summed E-state index contributed by atoms with van der Waals surface area (Å²) in [5, 5.41) is 0. The van der Waals surface area contributed by atoms with Gasteiger partial charge in [0.15, 0.2) is 0 Å². The number of cyclic esters (lactones) is 2. The van der Waals surface area contributed by atoms with Gasteiger partial charge in [0.05, 0.1) is 11.1 Å². The summed E-state index contributed by atoms with van der Waals surface area (Å²) in [6.07, 6.45) is 21.0. The van der Waals surface area contributed by atoms with Crippen molar-refractivity contribution in [3.8, 4) is 0 Å². The van der Waals surface area contributed by atoms with Crippen molar-refractivity contribution < 1.29 is 14.3 Å². The number of carbonyl (C=O) groups is 2. The first-order valence-corrected chi connectivity index (χ1v) is 15.2. The van der Waals surface area contributed by atoms with Gasteiger partial charge in [0.25, 0.3) is 0 Å². The molecule has 0 fully saturated rings. The third-order valence-corrected chi connectivity index (χ3v) is 7.96. The summed E-state index contributed by atoms with van der Waals surface area (Å²) < 4.78 is 4.89. The van der Waals surface area contributed by atoms with Crippen LogP contribution in [0.5, 0.6) is 0 Å². The molecular formula is C26H46O3S2. The molecule has 5 heteroatoms. The first-order valence-electron chi connectivity index (χ1n) is 12.8. The number of thioether (sulfide) groups is 2. The zero-order chi connectivity index (χ0) is 22.6. The minimum absolute atomic E-state index is 0.406. The number of hydrogen-bond donors (Lipinski definition) is 0. The van der Waals surface area contributed by atoms with Gasteiger partial charge in [-0.2, -0.15) is 23.5 Å². The Labute approximate surface area is 200 Å². The van der Waals surface area contributed by atoms with Crippen LogP contribution in [-0.4, -0.2) is 35.0 Å². The number of esters is 2. The third-order valence-electron chi connectivity index (χ3n) is 5.82. The summed E-state index contributed by atoms with van der Waals surface area (Å²) in [5.41, 5.74) is 1.25. The van der Waals surface area contributed by atoms with E-state index in [1.807, 2.05) is 0 Å². The van der Waals surface area contributed by atoms with E-state index in [2.05, 4.69) is 13.8 Å². The zero-order valence-electron chi connectivity index (χ0n) is 20.2. The Morgan fingerprint density at radius 2 is 0.839 bits per heavy atom. The highest BCUT2D eigenvalue weighted by molar-refractivity contribution is 7.99. The maximum Gasteiger partial charge on any atom is 0.343 e. The lowest BCUT2D eigenvalue weighted by atomic mass is 10.1. The maximum atomic E-state index is 12.0. The van der Waals surface area contributed by atoms with Crippen LogP contribution >= 0.6 is 23.5 Å². The summed E-state index contributed by atoms with van der Waals surface area (Å²) in [4.78, 5) is 24.1. The van der Waals surface area contributed by atoms with Crippen LogP contribution in [0.1, 0.15) is 117 Å². The van der Waals surface area contributed by atoms with Gasteiger partial charge in [0.2, 0.25) is 0 Å². The van der Waals surface area contributed by atoms with E-state index in [1.54, 1.807) is 23.5 Å². The van der Waals surface area contributed by atoms with Crippen molar-refractivity contribution >= 4 is 35.5 Å². The van der Waals surface area contributed by atoms with E-state index in [-0.39, 0.29) is 0 Å². The fraction of sp³-hybridized carbons (Fsp3) is 0.846. The molecule has 0 saturated heterocycles. The molecule has 0 aliphatic carbocycles. The molecule has 0 unspecified atom stereocenters. The molecule has 31 heavy (non-hydrogen) atoms. The van der Waals surface area contributed by atoms with Gasteiger partial charge in [-0.25, -0.2) is 9.59 Å². The highest BCUT2D eigenvalue weighted by Crippen LogP contribution is 2.26. The molecule has 0 aromatic rings. The highest BCUT2D eigenvalue weighted by atomic mass is 32.2. The molecule has 1 heterocycles. The lowest BCUT2D eigenvalue weighted by molar-refractivity contribution is -0.151. The zero-order valence-corrected chi connectivity index (χ0v) is 21.8. The molecular weight excluding hydrogens is 424 g/mol. The van der Waals surface area contributed by atoms with E-state index in [1.165, 1.54) is 103 Å². The fourth-order valence-electron chi connectivity index (χ4n) is 3.77. The van der Waals surface area contributed by atoms with Gasteiger partial charge in [-0.05, 0) is 24.3 Å². The van der Waals surface area contributed by atoms with Crippen LogP contribution in [0.15, 0.2) is 11.1 Å². The van der Waals surface area contributed by atoms with Crippen molar-refractivity contribution in [2.45, 2.75) is 117 Å². The number of rotatable bonds is 22. The van der Waals surface area contributed by atoms with Crippen molar-refractivity contribution in [1.29, 1.82) is 0 Å². The highest BCUT2D eigenvalue weighted by Gasteiger charge is 2.32. The molecule has 0 atom stereocenters. The summed E-state index contributed by atoms with van der Waals surface area (Å²) >= 11 is 3.54. The number of ether oxygens (including phenoxy) is 1. The van der Waals surface area contributed by atoms with E-state index < -0.39 is 11.9 Å². The van der Waals surface area contributed by atoms with Gasteiger partial charge in [-0.15, -0.1) is 0 Å². The second-order valence-corrected chi connectivity index (χ2v) is 10.9. The van der Waals surface area contributed by atoms with Gasteiger partial charge in [-0.3, -0.25) is 0 Å². The van der Waals surface area contributed by atoms with Gasteiger partial charge in [-0.1, -0.05) is 104 Å². The molecule has 0 spiro atoms. The quantitative estimate of drug-likeness (QED) is 0.0908. The van der Waals surface area contributed by atoms with Crippen molar-refractivity contribution in [1.82, 2.24) is 0 Å². The average molecular weight is 471 g/mol. The molecule has 0 saturated carbocycles. The molecule has 0 bridgehead atoms. The Kier molecular flexibility index (Phi) is 18.6. The molecule has 1 rings (SSSR count). The van der Waals surface area contributed by atoms with Crippen LogP contribution in [0.3, 0.4) is 0 Å². The fourth-order valence-corrected chi connectivity index (χ4v) is 5.87. The number of carbonyl (C=O) groups excluding carboxylic acids is 2. The third kappa shape index (κ3) is 14.4. The van der Waals surface area contributed by atoms with E-state index in [0.717, 1.165) is 11.5 Å². The van der Waals surface area contributed by atoms with Crippen LogP contribution in [0.2, 0.25) is 0 Å². The van der Waals surface area contributed by atoms with Crippen molar-refractivity contribution in [3.63, 3.8) is 0 Å². The molecule has 0 aromatic carbocycles. The van der Waals surface area contributed by atoms with E-state index in [0.29, 0.717) is 22.7 Å². The van der Waals surface area contributed by atoms with Gasteiger partial charge in [0, 0.05) is 11.5 Å². The lowest BCUT2D eigenvalue weighted by Crippen LogP contribution is -2.03. The first-order chi connectivity index (χ1) is 15.2. The Morgan fingerprint density at radius 3 is 1.19 bits per heavy atom. The number of unbranched alkanes of at least 4 members (excludes halogenated alkanes) is 14. The maximum absolute atomic E-state index is 12.0. The van der Waals surface area contributed by atoms with Gasteiger partial charge >= 0.3 is 11.9 Å². The topological polar surface area (TPSA) is 43.4 Å². The molecule has 1 aliphatic heterocycles. The molecule has 1 aliphatic rings. The van der Waals surface area contributed by atoms with Gasteiger partial charge < -0.3 is 4.74 Å². The van der Waals surface area contributed by atoms with Crippen LogP contribution < -0.4 is 0 Å². The molecule has 180 valence electrons. The molecule has 0 N–H and O–H groups in total. The van der Waals surface area contributed by atoms with Crippen LogP contribution in [0, 0.1) is 0 Å². The first kappa shape index (κ1) is 28.6. The Hall–Kier alpha value is -0.420. The summed E-state index contributed by atoms with van der Waals surface area (Å²) in [6, 6.07) is 0. The van der Waals surface area contributed by atoms with Crippen molar-refractivity contribution in [2.75, 3.05) is 23.0 Å². The van der Waals surface area contributed by atoms with Crippen molar-refractivity contribution in [3.05, 3.63) is 11.1 Å². The Balaban J connectivity index is 2.12. The Bertz CT molecular complexity index is 473. The standard InChI is InChI=1S/C26H46O3S2/c1-3-5-7-9-11-13-15-17-19-30-21-23-24(26(28)29-25(23)27)22-31-20-18-16-14-12-10-8-6-4-2/h3-22H2,1-2H3. The predicted molar refractivity (Wildman–Crippen MR) is 138 cm³/mol. The van der Waals surface area contributed by atoms with Crippen molar-refractivity contribution in [2.24, 2.45) is 0 Å². The molecule has 0 radical (unpaired) electrons. The Morgan fingerprint density at radius 1 is 0.516 bits per heavy atom. The summed E-state index contributed by atoms with van der Waals surface area (Å²) in [7, 11) is 0. The molecule has 0 amide bonds. The minimum atomic E-state index is -0.406. The average Bonchev–Trinajstić information content (AvgIpc) is 3.03. The molecule has 3 nitrogen and oxygen atoms in total. The SMILES string of the molecule is CCCCCCCCCCSCC1=C(CSCCCCCCCCCC)C(=O)OC1=O. The largest absolute Gasteiger partial charge is 0.386 e. The van der Waals surface area contributed by atoms with Crippen LogP contribution in [0.25, 0.3) is 0 Å². The minimum Gasteiger partial charge on any atom is -0.386 e. The molecule has 0 aromatic heterocycles. The lowest BCUT2D eigenvalue weighted by Gasteiger charge is -2.05. The van der Waals surface area contributed by atoms with Crippen LogP contribution in [-0.2, 0) is 14.3 Å². The summed E-state index contributed by atoms with van der Waals surface area (Å²) in [5.74, 6) is 2.54. The second kappa shape index (κ2) is 20.2. The monoisotopic (exact) mass is 470 g/mol. The number of hydrogen-bond acceptors (Lipinski definition) is 5. The van der Waals surface area contributed by atoms with E-state index >= 15 is 0 Å². The van der Waals surface area contributed by atoms with E-state index in [4.69, 9.17) is 4.74 Å². The van der Waals surface area contributed by atoms with Crippen LogP contribution in [0.4, 0.5) is 0 Å². The summed E-state index contributed by atoms with van der Waals surface area (Å²) in [6.45, 7) is 4.50. The van der Waals surface area contributed by atoms with Gasteiger partial charge in [0.1, 0.15) is 0 Å². The smallest absolute Gasteiger partial charge is 0.343 e. The second-order valence-electron chi connectivity index (χ2n) is 8.69. The normalized spacial score (nSPS) is 14.0. The predicted octanol–water partition coefficient (Wildman–Crippen LogP) is 8.11.